The molecule has 12 heavy (non-hydrogen) atoms. The summed E-state index contributed by atoms with van der Waals surface area (Å²) in [5.74, 6) is 0. The Morgan fingerprint density at radius 3 is 0.917 bits per heavy atom. The third-order valence-corrected chi connectivity index (χ3v) is 3.66. The maximum atomic E-state index is 1.80. The minimum atomic E-state index is 1.41. The number of fused-ring (bicyclic) bond motifs is 2. The van der Waals surface area contributed by atoms with Gasteiger partial charge >= 0.3 is 0 Å². The monoisotopic (exact) mass is 160 g/mol. The minimum absolute atomic E-state index is 1.41. The first-order valence-corrected chi connectivity index (χ1v) is 5.41. The van der Waals surface area contributed by atoms with E-state index >= 15 is 0 Å². The highest BCUT2D eigenvalue weighted by Crippen LogP contribution is 2.49. The second-order valence-electron chi connectivity index (χ2n) is 4.33. The van der Waals surface area contributed by atoms with Crippen molar-refractivity contribution in [3.05, 3.63) is 22.3 Å². The second-order valence-corrected chi connectivity index (χ2v) is 4.33. The Balaban J connectivity index is 1.94. The number of allylic oxidation sites excluding steroid dienone is 4. The molecule has 0 aromatic carbocycles. The number of rotatable bonds is 0. The van der Waals surface area contributed by atoms with Crippen LogP contribution in [0.4, 0.5) is 0 Å². The summed E-state index contributed by atoms with van der Waals surface area (Å²) in [5.41, 5.74) is 7.21. The Labute approximate surface area is 74.4 Å². The van der Waals surface area contributed by atoms with Crippen LogP contribution in [0, 0.1) is 0 Å². The smallest absolute Gasteiger partial charge is 0.0273 e. The fraction of sp³-hybridized carbons (Fsp3) is 0.667. The summed E-state index contributed by atoms with van der Waals surface area (Å²) in [6.07, 6.45) is 11.5. The summed E-state index contributed by atoms with van der Waals surface area (Å²) in [4.78, 5) is 0. The van der Waals surface area contributed by atoms with Gasteiger partial charge in [0, 0.05) is 0 Å². The normalized spacial score (nSPS) is 28.0. The van der Waals surface area contributed by atoms with Gasteiger partial charge in [0.1, 0.15) is 0 Å². The van der Waals surface area contributed by atoms with Gasteiger partial charge < -0.3 is 0 Å². The fourth-order valence-corrected chi connectivity index (χ4v) is 3.08. The third-order valence-electron chi connectivity index (χ3n) is 3.66. The number of hydrogen-bond acceptors (Lipinski definition) is 0. The van der Waals surface area contributed by atoms with E-state index in [4.69, 9.17) is 0 Å². The van der Waals surface area contributed by atoms with Crippen molar-refractivity contribution in [2.45, 2.75) is 51.4 Å². The third kappa shape index (κ3) is 0.784. The van der Waals surface area contributed by atoms with Crippen LogP contribution in [0.3, 0.4) is 0 Å². The molecule has 0 unspecified atom stereocenters. The zero-order chi connectivity index (χ0) is 7.97. The molecule has 0 saturated heterocycles. The highest BCUT2D eigenvalue weighted by Gasteiger charge is 2.31. The molecule has 3 rings (SSSR count). The lowest BCUT2D eigenvalue weighted by molar-refractivity contribution is 0.590. The van der Waals surface area contributed by atoms with E-state index in [1.807, 2.05) is 0 Å². The van der Waals surface area contributed by atoms with Crippen molar-refractivity contribution < 1.29 is 0 Å². The summed E-state index contributed by atoms with van der Waals surface area (Å²) < 4.78 is 0. The lowest BCUT2D eigenvalue weighted by atomic mass is 9.68. The van der Waals surface area contributed by atoms with Crippen LogP contribution in [0.2, 0.25) is 0 Å². The van der Waals surface area contributed by atoms with Gasteiger partial charge in [0.25, 0.3) is 0 Å². The topological polar surface area (TPSA) is 0 Å². The Bertz CT molecular complexity index is 209. The first-order chi connectivity index (χ1) is 5.97. The van der Waals surface area contributed by atoms with Crippen LogP contribution in [0.5, 0.6) is 0 Å². The molecule has 0 nitrogen and oxygen atoms in total. The molecule has 0 heteroatoms. The zero-order valence-corrected chi connectivity index (χ0v) is 7.66. The molecular formula is C12H16. The molecule has 0 bridgehead atoms. The van der Waals surface area contributed by atoms with Crippen molar-refractivity contribution >= 4 is 0 Å². The summed E-state index contributed by atoms with van der Waals surface area (Å²) >= 11 is 0. The molecule has 2 fully saturated rings. The van der Waals surface area contributed by atoms with Crippen molar-refractivity contribution in [3.63, 3.8) is 0 Å². The van der Waals surface area contributed by atoms with Crippen molar-refractivity contribution in [2.75, 3.05) is 0 Å². The van der Waals surface area contributed by atoms with Crippen LogP contribution in [0.15, 0.2) is 22.3 Å². The maximum Gasteiger partial charge on any atom is -0.0273 e. The van der Waals surface area contributed by atoms with Gasteiger partial charge in [-0.3, -0.25) is 0 Å². The van der Waals surface area contributed by atoms with Crippen molar-refractivity contribution in [1.29, 1.82) is 0 Å². The van der Waals surface area contributed by atoms with E-state index in [9.17, 15) is 0 Å². The molecule has 0 aromatic rings. The first kappa shape index (κ1) is 6.94. The number of hydrogen-bond donors (Lipinski definition) is 0. The molecule has 0 radical (unpaired) electrons. The summed E-state index contributed by atoms with van der Waals surface area (Å²) in [6.45, 7) is 0. The van der Waals surface area contributed by atoms with Crippen LogP contribution in [0.1, 0.15) is 51.4 Å². The van der Waals surface area contributed by atoms with Crippen LogP contribution < -0.4 is 0 Å². The molecule has 2 saturated carbocycles. The molecule has 0 amide bonds. The lowest BCUT2D eigenvalue weighted by Crippen LogP contribution is -2.18. The largest absolute Gasteiger partial charge is 0.0489 e. The van der Waals surface area contributed by atoms with Gasteiger partial charge in [-0.25, -0.2) is 0 Å². The minimum Gasteiger partial charge on any atom is -0.0489 e. The van der Waals surface area contributed by atoms with E-state index in [1.165, 1.54) is 51.4 Å². The van der Waals surface area contributed by atoms with E-state index in [0.717, 1.165) is 0 Å². The molecule has 0 spiro atoms. The van der Waals surface area contributed by atoms with E-state index in [1.54, 1.807) is 22.3 Å². The van der Waals surface area contributed by atoms with Gasteiger partial charge in [0.2, 0.25) is 0 Å². The quantitative estimate of drug-likeness (QED) is 0.506. The molecule has 64 valence electrons. The van der Waals surface area contributed by atoms with Crippen molar-refractivity contribution in [1.82, 2.24) is 0 Å². The van der Waals surface area contributed by atoms with E-state index in [0.29, 0.717) is 0 Å². The highest BCUT2D eigenvalue weighted by molar-refractivity contribution is 5.61. The Morgan fingerprint density at radius 1 is 0.417 bits per heavy atom. The van der Waals surface area contributed by atoms with E-state index < -0.39 is 0 Å². The van der Waals surface area contributed by atoms with E-state index in [-0.39, 0.29) is 0 Å². The Morgan fingerprint density at radius 2 is 0.667 bits per heavy atom. The molecule has 0 atom stereocenters. The lowest BCUT2D eigenvalue weighted by Gasteiger charge is -2.37. The Kier molecular flexibility index (Phi) is 1.44. The molecule has 3 aliphatic rings. The Hall–Kier alpha value is -0.520. The van der Waals surface area contributed by atoms with Crippen LogP contribution in [-0.4, -0.2) is 0 Å². The predicted octanol–water partition coefficient (Wildman–Crippen LogP) is 3.74. The average molecular weight is 160 g/mol. The summed E-state index contributed by atoms with van der Waals surface area (Å²) in [6, 6.07) is 0. The SMILES string of the molecule is C1CCC2=C3CCCCC3=C2C1. The van der Waals surface area contributed by atoms with Gasteiger partial charge in [-0.2, -0.15) is 0 Å². The molecule has 0 aliphatic heterocycles. The zero-order valence-electron chi connectivity index (χ0n) is 7.66. The molecular weight excluding hydrogens is 144 g/mol. The molecule has 0 aromatic heterocycles. The predicted molar refractivity (Wildman–Crippen MR) is 51.0 cm³/mol. The average Bonchev–Trinajstić information content (AvgIpc) is 2.14. The molecule has 0 heterocycles. The fourth-order valence-electron chi connectivity index (χ4n) is 3.08. The van der Waals surface area contributed by atoms with E-state index in [2.05, 4.69) is 0 Å². The van der Waals surface area contributed by atoms with Gasteiger partial charge in [-0.1, -0.05) is 0 Å². The highest BCUT2D eigenvalue weighted by atomic mass is 14.4. The van der Waals surface area contributed by atoms with Crippen LogP contribution >= 0.6 is 0 Å². The van der Waals surface area contributed by atoms with Gasteiger partial charge in [-0.05, 0) is 73.7 Å². The van der Waals surface area contributed by atoms with Crippen molar-refractivity contribution in [3.8, 4) is 0 Å². The summed E-state index contributed by atoms with van der Waals surface area (Å²) in [7, 11) is 0. The molecule has 3 aliphatic carbocycles. The standard InChI is InChI=1S/C12H16/c1-2-6-10-9(5-1)11-7-3-4-8-12(10)11/h1-8H2. The first-order valence-electron chi connectivity index (χ1n) is 5.41. The van der Waals surface area contributed by atoms with Crippen molar-refractivity contribution in [2.24, 2.45) is 0 Å². The maximum absolute atomic E-state index is 1.80. The summed E-state index contributed by atoms with van der Waals surface area (Å²) in [5, 5.41) is 0. The van der Waals surface area contributed by atoms with Crippen LogP contribution in [-0.2, 0) is 0 Å². The second kappa shape index (κ2) is 2.48. The van der Waals surface area contributed by atoms with Gasteiger partial charge in [0.05, 0.1) is 0 Å². The van der Waals surface area contributed by atoms with Crippen LogP contribution in [0.25, 0.3) is 0 Å². The van der Waals surface area contributed by atoms with Gasteiger partial charge in [0.15, 0.2) is 0 Å². The molecule has 0 N–H and O–H groups in total. The van der Waals surface area contributed by atoms with Gasteiger partial charge in [-0.15, -0.1) is 0 Å².